The van der Waals surface area contributed by atoms with Crippen molar-refractivity contribution in [2.45, 2.75) is 18.7 Å². The zero-order valence-corrected chi connectivity index (χ0v) is 10.5. The van der Waals surface area contributed by atoms with E-state index in [-0.39, 0.29) is 0 Å². The van der Waals surface area contributed by atoms with E-state index >= 15 is 0 Å². The van der Waals surface area contributed by atoms with Gasteiger partial charge >= 0.3 is 18.2 Å². The summed E-state index contributed by atoms with van der Waals surface area (Å²) >= 11 is 0. The molecule has 9 heteroatoms. The summed E-state index contributed by atoms with van der Waals surface area (Å²) in [6, 6.07) is 8.03. The number of ether oxygens (including phenoxy) is 1. The van der Waals surface area contributed by atoms with Gasteiger partial charge in [0.15, 0.2) is 0 Å². The number of carboxylic acids is 1. The molecule has 0 saturated heterocycles. The number of benzene rings is 1. The van der Waals surface area contributed by atoms with E-state index in [1.807, 2.05) is 0 Å². The van der Waals surface area contributed by atoms with Gasteiger partial charge in [-0.3, -0.25) is 4.79 Å². The third-order valence-corrected chi connectivity index (χ3v) is 2.46. The minimum absolute atomic E-state index is 0.539. The highest BCUT2D eigenvalue weighted by Gasteiger charge is 2.44. The molecule has 0 radical (unpaired) electrons. The summed E-state index contributed by atoms with van der Waals surface area (Å²) in [5.41, 5.74) is 0.585. The van der Waals surface area contributed by atoms with E-state index in [1.54, 1.807) is 30.3 Å². The molecule has 1 aromatic heterocycles. The number of carboxylic acid groups (broad SMARTS) is 1. The number of para-hydroxylation sites is 1. The molecule has 0 fully saturated rings. The first kappa shape index (κ1) is 14.8. The zero-order chi connectivity index (χ0) is 15.5. The molecule has 112 valence electrons. The molecule has 1 atom stereocenters. The van der Waals surface area contributed by atoms with Gasteiger partial charge in [-0.1, -0.05) is 18.2 Å². The van der Waals surface area contributed by atoms with E-state index in [4.69, 9.17) is 5.11 Å². The van der Waals surface area contributed by atoms with E-state index in [1.165, 1.54) is 11.0 Å². The predicted octanol–water partition coefficient (Wildman–Crippen LogP) is 2.05. The van der Waals surface area contributed by atoms with Crippen LogP contribution in [0.1, 0.15) is 6.42 Å². The first-order chi connectivity index (χ1) is 9.86. The Labute approximate surface area is 116 Å². The van der Waals surface area contributed by atoms with Gasteiger partial charge in [-0.05, 0) is 12.1 Å². The smallest absolute Gasteiger partial charge is 0.426 e. The molecular formula is C12H10F3N3O3. The van der Waals surface area contributed by atoms with E-state index in [0.29, 0.717) is 5.69 Å². The van der Waals surface area contributed by atoms with Crippen LogP contribution in [0.3, 0.4) is 0 Å². The second-order valence-electron chi connectivity index (χ2n) is 4.05. The number of aliphatic carboxylic acids is 1. The molecule has 2 aromatic rings. The molecule has 0 aliphatic heterocycles. The Morgan fingerprint density at radius 3 is 2.57 bits per heavy atom. The van der Waals surface area contributed by atoms with Gasteiger partial charge in [0.2, 0.25) is 6.10 Å². The number of carbonyl (C=O) groups is 1. The highest BCUT2D eigenvalue weighted by atomic mass is 19.4. The van der Waals surface area contributed by atoms with Gasteiger partial charge in [-0.25, -0.2) is 4.68 Å². The van der Waals surface area contributed by atoms with Crippen LogP contribution < -0.4 is 4.74 Å². The lowest BCUT2D eigenvalue weighted by Crippen LogP contribution is -2.36. The Morgan fingerprint density at radius 1 is 1.33 bits per heavy atom. The summed E-state index contributed by atoms with van der Waals surface area (Å²) in [6.07, 6.45) is -7.36. The van der Waals surface area contributed by atoms with Crippen LogP contribution in [0.15, 0.2) is 36.7 Å². The third-order valence-electron chi connectivity index (χ3n) is 2.46. The molecule has 0 bridgehead atoms. The third kappa shape index (κ3) is 3.94. The molecule has 1 unspecified atom stereocenters. The lowest BCUT2D eigenvalue weighted by Gasteiger charge is -2.17. The van der Waals surface area contributed by atoms with Crippen LogP contribution in [0.2, 0.25) is 0 Å². The van der Waals surface area contributed by atoms with Crippen molar-refractivity contribution < 1.29 is 27.8 Å². The van der Waals surface area contributed by atoms with Crippen molar-refractivity contribution in [1.29, 1.82) is 0 Å². The van der Waals surface area contributed by atoms with Crippen molar-refractivity contribution in [3.8, 4) is 11.7 Å². The average molecular weight is 301 g/mol. The first-order valence-corrected chi connectivity index (χ1v) is 5.78. The van der Waals surface area contributed by atoms with E-state index < -0.39 is 30.7 Å². The molecule has 1 heterocycles. The van der Waals surface area contributed by atoms with Crippen molar-refractivity contribution in [3.63, 3.8) is 0 Å². The van der Waals surface area contributed by atoms with Gasteiger partial charge in [0.05, 0.1) is 12.1 Å². The molecule has 0 saturated carbocycles. The molecule has 0 amide bonds. The highest BCUT2D eigenvalue weighted by Crippen LogP contribution is 2.26. The monoisotopic (exact) mass is 301 g/mol. The van der Waals surface area contributed by atoms with Crippen molar-refractivity contribution in [1.82, 2.24) is 14.8 Å². The van der Waals surface area contributed by atoms with Crippen LogP contribution in [0.5, 0.6) is 6.01 Å². The van der Waals surface area contributed by atoms with Gasteiger partial charge in [-0.2, -0.15) is 18.2 Å². The predicted molar refractivity (Wildman–Crippen MR) is 64.1 cm³/mol. The molecule has 6 nitrogen and oxygen atoms in total. The van der Waals surface area contributed by atoms with Crippen molar-refractivity contribution in [2.75, 3.05) is 0 Å². The largest absolute Gasteiger partial charge is 0.481 e. The summed E-state index contributed by atoms with van der Waals surface area (Å²) in [5, 5.41) is 12.2. The van der Waals surface area contributed by atoms with Gasteiger partial charge in [-0.15, -0.1) is 5.10 Å². The summed E-state index contributed by atoms with van der Waals surface area (Å²) in [4.78, 5) is 14.0. The number of alkyl halides is 3. The van der Waals surface area contributed by atoms with E-state index in [9.17, 15) is 18.0 Å². The Bertz CT molecular complexity index is 613. The van der Waals surface area contributed by atoms with Crippen LogP contribution in [0.25, 0.3) is 5.69 Å². The normalized spacial score (nSPS) is 12.9. The summed E-state index contributed by atoms with van der Waals surface area (Å²) < 4.78 is 43.7. The van der Waals surface area contributed by atoms with Crippen molar-refractivity contribution >= 4 is 5.97 Å². The molecule has 0 aliphatic rings. The van der Waals surface area contributed by atoms with E-state index in [0.717, 1.165) is 0 Å². The minimum atomic E-state index is -4.82. The van der Waals surface area contributed by atoms with Gasteiger partial charge in [0.1, 0.15) is 6.33 Å². The Kier molecular flexibility index (Phi) is 4.10. The Morgan fingerprint density at radius 2 is 2.00 bits per heavy atom. The van der Waals surface area contributed by atoms with Gasteiger partial charge < -0.3 is 9.84 Å². The SMILES string of the molecule is O=C(O)CC(Oc1ncn(-c2ccccc2)n1)C(F)(F)F. The van der Waals surface area contributed by atoms with Crippen LogP contribution in [0, 0.1) is 0 Å². The minimum Gasteiger partial charge on any atom is -0.481 e. The molecule has 0 spiro atoms. The maximum atomic E-state index is 12.6. The highest BCUT2D eigenvalue weighted by molar-refractivity contribution is 5.67. The Hall–Kier alpha value is -2.58. The van der Waals surface area contributed by atoms with Crippen molar-refractivity contribution in [3.05, 3.63) is 36.7 Å². The quantitative estimate of drug-likeness (QED) is 0.914. The second kappa shape index (κ2) is 5.81. The second-order valence-corrected chi connectivity index (χ2v) is 4.05. The van der Waals surface area contributed by atoms with Crippen LogP contribution in [0.4, 0.5) is 13.2 Å². The maximum Gasteiger partial charge on any atom is 0.426 e. The molecular weight excluding hydrogens is 291 g/mol. The number of hydrogen-bond donors (Lipinski definition) is 1. The molecule has 1 aromatic carbocycles. The Balaban J connectivity index is 2.15. The summed E-state index contributed by atoms with van der Waals surface area (Å²) in [7, 11) is 0. The number of nitrogens with zero attached hydrogens (tertiary/aromatic N) is 3. The molecule has 0 aliphatic carbocycles. The fraction of sp³-hybridized carbons (Fsp3) is 0.250. The lowest BCUT2D eigenvalue weighted by atomic mass is 10.2. The lowest BCUT2D eigenvalue weighted by molar-refractivity contribution is -0.202. The molecule has 1 N–H and O–H groups in total. The summed E-state index contributed by atoms with van der Waals surface area (Å²) in [5.74, 6) is -1.63. The van der Waals surface area contributed by atoms with Gasteiger partial charge in [0, 0.05) is 0 Å². The van der Waals surface area contributed by atoms with Gasteiger partial charge in [0.25, 0.3) is 0 Å². The fourth-order valence-electron chi connectivity index (χ4n) is 1.52. The average Bonchev–Trinajstić information content (AvgIpc) is 2.86. The van der Waals surface area contributed by atoms with Crippen LogP contribution >= 0.6 is 0 Å². The standard InChI is InChI=1S/C12H10F3N3O3/c13-12(14,15)9(6-10(19)20)21-11-16-7-18(17-11)8-4-2-1-3-5-8/h1-5,7,9H,6H2,(H,19,20). The summed E-state index contributed by atoms with van der Waals surface area (Å²) in [6.45, 7) is 0. The first-order valence-electron chi connectivity index (χ1n) is 5.78. The molecule has 21 heavy (non-hydrogen) atoms. The topological polar surface area (TPSA) is 77.2 Å². The number of hydrogen-bond acceptors (Lipinski definition) is 4. The maximum absolute atomic E-state index is 12.6. The van der Waals surface area contributed by atoms with Crippen LogP contribution in [-0.2, 0) is 4.79 Å². The number of halogens is 3. The fourth-order valence-corrected chi connectivity index (χ4v) is 1.52. The van der Waals surface area contributed by atoms with E-state index in [2.05, 4.69) is 14.8 Å². The zero-order valence-electron chi connectivity index (χ0n) is 10.5. The number of aromatic nitrogens is 3. The van der Waals surface area contributed by atoms with Crippen LogP contribution in [-0.4, -0.2) is 38.1 Å². The van der Waals surface area contributed by atoms with Crippen molar-refractivity contribution in [2.24, 2.45) is 0 Å². The number of rotatable bonds is 5. The molecule has 2 rings (SSSR count).